The van der Waals surface area contributed by atoms with Crippen LogP contribution in [-0.2, 0) is 6.42 Å². The lowest BCUT2D eigenvalue weighted by molar-refractivity contribution is 0.314. The minimum atomic E-state index is 0.409. The molecular formula is C18H29NO. The first-order valence-corrected chi connectivity index (χ1v) is 7.93. The van der Waals surface area contributed by atoms with E-state index in [1.807, 2.05) is 0 Å². The van der Waals surface area contributed by atoms with E-state index in [0.717, 1.165) is 18.7 Å². The highest BCUT2D eigenvalue weighted by atomic mass is 16.5. The van der Waals surface area contributed by atoms with Gasteiger partial charge in [0.15, 0.2) is 0 Å². The molecule has 112 valence electrons. The van der Waals surface area contributed by atoms with E-state index in [4.69, 9.17) is 4.74 Å². The Hall–Kier alpha value is -1.02. The van der Waals surface area contributed by atoms with Gasteiger partial charge in [-0.2, -0.15) is 0 Å². The fourth-order valence-electron chi connectivity index (χ4n) is 3.51. The van der Waals surface area contributed by atoms with Crippen LogP contribution in [-0.4, -0.2) is 19.7 Å². The zero-order chi connectivity index (χ0) is 14.6. The summed E-state index contributed by atoms with van der Waals surface area (Å²) in [7, 11) is 1.77. The van der Waals surface area contributed by atoms with E-state index in [-0.39, 0.29) is 0 Å². The Bertz CT molecular complexity index is 443. The molecule has 2 rings (SSSR count). The summed E-state index contributed by atoms with van der Waals surface area (Å²) >= 11 is 0. The predicted octanol–water partition coefficient (Wildman–Crippen LogP) is 4.10. The first-order valence-electron chi connectivity index (χ1n) is 7.93. The van der Waals surface area contributed by atoms with Crippen LogP contribution in [0, 0.1) is 12.3 Å². The molecule has 1 saturated carbocycles. The van der Waals surface area contributed by atoms with E-state index >= 15 is 0 Å². The Morgan fingerprint density at radius 2 is 2.20 bits per heavy atom. The molecule has 0 heterocycles. The lowest BCUT2D eigenvalue weighted by Gasteiger charge is -2.25. The predicted molar refractivity (Wildman–Crippen MR) is 85.5 cm³/mol. The standard InChI is InChI=1S/C18H29NO/c1-5-10-19-16-8-9-18(3,13-16)12-15-11-14(2)6-7-17(15)20-4/h6-7,11,16,19H,5,8-10,12-13H2,1-4H3. The van der Waals surface area contributed by atoms with Crippen LogP contribution < -0.4 is 10.1 Å². The van der Waals surface area contributed by atoms with Crippen LogP contribution in [0.1, 0.15) is 50.7 Å². The van der Waals surface area contributed by atoms with E-state index < -0.39 is 0 Å². The summed E-state index contributed by atoms with van der Waals surface area (Å²) in [6.45, 7) is 7.97. The van der Waals surface area contributed by atoms with Gasteiger partial charge in [-0.15, -0.1) is 0 Å². The molecule has 0 aromatic heterocycles. The zero-order valence-corrected chi connectivity index (χ0v) is 13.5. The third-order valence-corrected chi connectivity index (χ3v) is 4.57. The lowest BCUT2D eigenvalue weighted by Crippen LogP contribution is -2.29. The smallest absolute Gasteiger partial charge is 0.122 e. The normalized spacial score (nSPS) is 25.9. The van der Waals surface area contributed by atoms with Crippen LogP contribution in [0.2, 0.25) is 0 Å². The van der Waals surface area contributed by atoms with E-state index in [9.17, 15) is 0 Å². The average Bonchev–Trinajstić information content (AvgIpc) is 2.78. The Labute approximate surface area is 123 Å². The van der Waals surface area contributed by atoms with Crippen LogP contribution >= 0.6 is 0 Å². The monoisotopic (exact) mass is 275 g/mol. The summed E-state index contributed by atoms with van der Waals surface area (Å²) in [5.41, 5.74) is 3.10. The topological polar surface area (TPSA) is 21.3 Å². The van der Waals surface area contributed by atoms with Crippen LogP contribution in [0.5, 0.6) is 5.75 Å². The molecule has 1 aromatic rings. The molecule has 1 aromatic carbocycles. The molecule has 1 aliphatic rings. The van der Waals surface area contributed by atoms with Crippen molar-refractivity contribution >= 4 is 0 Å². The van der Waals surface area contributed by atoms with Gasteiger partial charge in [-0.3, -0.25) is 0 Å². The maximum atomic E-state index is 5.53. The first-order chi connectivity index (χ1) is 9.56. The third kappa shape index (κ3) is 3.76. The van der Waals surface area contributed by atoms with Crippen molar-refractivity contribution in [3.8, 4) is 5.75 Å². The van der Waals surface area contributed by atoms with Gasteiger partial charge in [0.1, 0.15) is 5.75 Å². The van der Waals surface area contributed by atoms with Crippen LogP contribution in [0.25, 0.3) is 0 Å². The third-order valence-electron chi connectivity index (χ3n) is 4.57. The van der Waals surface area contributed by atoms with Crippen molar-refractivity contribution < 1.29 is 4.74 Å². The van der Waals surface area contributed by atoms with Crippen molar-refractivity contribution in [3.63, 3.8) is 0 Å². The maximum Gasteiger partial charge on any atom is 0.122 e. The van der Waals surface area contributed by atoms with Crippen molar-refractivity contribution in [2.24, 2.45) is 5.41 Å². The quantitative estimate of drug-likeness (QED) is 0.844. The number of hydrogen-bond acceptors (Lipinski definition) is 2. The largest absolute Gasteiger partial charge is 0.496 e. The van der Waals surface area contributed by atoms with E-state index in [1.165, 1.54) is 36.8 Å². The number of ether oxygens (including phenoxy) is 1. The van der Waals surface area contributed by atoms with Crippen molar-refractivity contribution in [3.05, 3.63) is 29.3 Å². The summed E-state index contributed by atoms with van der Waals surface area (Å²) < 4.78 is 5.53. The molecule has 0 radical (unpaired) electrons. The second-order valence-corrected chi connectivity index (χ2v) is 6.70. The maximum absolute atomic E-state index is 5.53. The summed E-state index contributed by atoms with van der Waals surface area (Å²) in [4.78, 5) is 0. The van der Waals surface area contributed by atoms with Crippen molar-refractivity contribution in [1.29, 1.82) is 0 Å². The van der Waals surface area contributed by atoms with Crippen LogP contribution in [0.3, 0.4) is 0 Å². The lowest BCUT2D eigenvalue weighted by atomic mass is 9.81. The molecule has 2 atom stereocenters. The first kappa shape index (κ1) is 15.4. The summed E-state index contributed by atoms with van der Waals surface area (Å²) in [6, 6.07) is 7.23. The molecule has 0 saturated heterocycles. The minimum absolute atomic E-state index is 0.409. The van der Waals surface area contributed by atoms with Gasteiger partial charge in [0.25, 0.3) is 0 Å². The van der Waals surface area contributed by atoms with Crippen molar-refractivity contribution in [2.75, 3.05) is 13.7 Å². The fourth-order valence-corrected chi connectivity index (χ4v) is 3.51. The molecule has 2 heteroatoms. The minimum Gasteiger partial charge on any atom is -0.496 e. The molecule has 0 bridgehead atoms. The van der Waals surface area contributed by atoms with Crippen molar-refractivity contribution in [2.45, 2.75) is 58.9 Å². The number of hydrogen-bond donors (Lipinski definition) is 1. The number of nitrogens with one attached hydrogen (secondary N) is 1. The highest BCUT2D eigenvalue weighted by Crippen LogP contribution is 2.42. The number of methoxy groups -OCH3 is 1. The number of aryl methyl sites for hydroxylation is 1. The van der Waals surface area contributed by atoms with Gasteiger partial charge in [0.2, 0.25) is 0 Å². The molecule has 1 aliphatic carbocycles. The number of benzene rings is 1. The molecule has 1 N–H and O–H groups in total. The van der Waals surface area contributed by atoms with Crippen LogP contribution in [0.15, 0.2) is 18.2 Å². The van der Waals surface area contributed by atoms with Gasteiger partial charge >= 0.3 is 0 Å². The van der Waals surface area contributed by atoms with Crippen LogP contribution in [0.4, 0.5) is 0 Å². The van der Waals surface area contributed by atoms with Gasteiger partial charge in [-0.25, -0.2) is 0 Å². The van der Waals surface area contributed by atoms with E-state index in [0.29, 0.717) is 11.5 Å². The Balaban J connectivity index is 2.04. The summed E-state index contributed by atoms with van der Waals surface area (Å²) in [5.74, 6) is 1.04. The van der Waals surface area contributed by atoms with Gasteiger partial charge in [0, 0.05) is 6.04 Å². The SMILES string of the molecule is CCCNC1CCC(C)(Cc2cc(C)ccc2OC)C1. The van der Waals surface area contributed by atoms with Gasteiger partial charge in [0.05, 0.1) is 7.11 Å². The average molecular weight is 275 g/mol. The molecular weight excluding hydrogens is 246 g/mol. The second-order valence-electron chi connectivity index (χ2n) is 6.70. The van der Waals surface area contributed by atoms with Crippen molar-refractivity contribution in [1.82, 2.24) is 5.32 Å². The van der Waals surface area contributed by atoms with E-state index in [1.54, 1.807) is 7.11 Å². The molecule has 0 amide bonds. The summed E-state index contributed by atoms with van der Waals surface area (Å²) in [5, 5.41) is 3.68. The molecule has 20 heavy (non-hydrogen) atoms. The Morgan fingerprint density at radius 1 is 1.40 bits per heavy atom. The Kier molecular flexibility index (Phi) is 5.09. The Morgan fingerprint density at radius 3 is 2.90 bits per heavy atom. The highest BCUT2D eigenvalue weighted by molar-refractivity contribution is 5.37. The molecule has 2 unspecified atom stereocenters. The molecule has 0 aliphatic heterocycles. The summed E-state index contributed by atoms with van der Waals surface area (Å²) in [6.07, 6.45) is 6.25. The van der Waals surface area contributed by atoms with Gasteiger partial charge < -0.3 is 10.1 Å². The van der Waals surface area contributed by atoms with E-state index in [2.05, 4.69) is 44.3 Å². The highest BCUT2D eigenvalue weighted by Gasteiger charge is 2.35. The number of rotatable bonds is 6. The fraction of sp³-hybridized carbons (Fsp3) is 0.667. The van der Waals surface area contributed by atoms with Gasteiger partial charge in [-0.05, 0) is 62.6 Å². The zero-order valence-electron chi connectivity index (χ0n) is 13.5. The second kappa shape index (κ2) is 6.62. The molecule has 1 fully saturated rings. The molecule has 0 spiro atoms. The molecule has 2 nitrogen and oxygen atoms in total. The van der Waals surface area contributed by atoms with Gasteiger partial charge in [-0.1, -0.05) is 31.5 Å².